The molecule has 0 spiro atoms. The number of imide groups is 1. The van der Waals surface area contributed by atoms with E-state index in [1.165, 1.54) is 4.90 Å². The Morgan fingerprint density at radius 3 is 2.82 bits per heavy atom. The zero-order valence-electron chi connectivity index (χ0n) is 12.6. The van der Waals surface area contributed by atoms with Gasteiger partial charge in [-0.3, -0.25) is 14.5 Å². The third kappa shape index (κ3) is 3.80. The van der Waals surface area contributed by atoms with Gasteiger partial charge in [-0.05, 0) is 30.3 Å². The van der Waals surface area contributed by atoms with E-state index in [1.54, 1.807) is 12.2 Å². The fraction of sp³-hybridized carbons (Fsp3) is 0.294. The Hall–Kier alpha value is -2.01. The van der Waals surface area contributed by atoms with Crippen LogP contribution in [0.3, 0.4) is 0 Å². The minimum Gasteiger partial charge on any atom is -0.489 e. The lowest BCUT2D eigenvalue weighted by molar-refractivity contribution is -0.122. The van der Waals surface area contributed by atoms with Crippen LogP contribution >= 0.6 is 11.8 Å². The summed E-state index contributed by atoms with van der Waals surface area (Å²) in [6.07, 6.45) is 5.15. The van der Waals surface area contributed by atoms with Crippen LogP contribution in [0.25, 0.3) is 6.08 Å². The molecule has 1 saturated heterocycles. The maximum absolute atomic E-state index is 12.3. The van der Waals surface area contributed by atoms with E-state index < -0.39 is 0 Å². The zero-order chi connectivity index (χ0) is 15.9. The van der Waals surface area contributed by atoms with Crippen LogP contribution in [0.5, 0.6) is 5.75 Å². The van der Waals surface area contributed by atoms with Gasteiger partial charge in [-0.25, -0.2) is 0 Å². The number of amides is 2. The molecule has 1 aromatic rings. The second-order valence-corrected chi connectivity index (χ2v) is 5.82. The molecule has 1 fully saturated rings. The molecule has 1 aliphatic rings. The van der Waals surface area contributed by atoms with Crippen molar-refractivity contribution in [1.82, 2.24) is 4.90 Å². The van der Waals surface area contributed by atoms with E-state index in [0.29, 0.717) is 23.8 Å². The number of para-hydroxylation sites is 1. The molecule has 1 aliphatic heterocycles. The molecule has 1 heterocycles. The lowest BCUT2D eigenvalue weighted by atomic mass is 10.2. The van der Waals surface area contributed by atoms with Gasteiger partial charge in [0.15, 0.2) is 0 Å². The summed E-state index contributed by atoms with van der Waals surface area (Å²) in [6, 6.07) is 7.42. The van der Waals surface area contributed by atoms with Crippen molar-refractivity contribution in [3.63, 3.8) is 0 Å². The van der Waals surface area contributed by atoms with Gasteiger partial charge in [-0.15, -0.1) is 0 Å². The van der Waals surface area contributed by atoms with Gasteiger partial charge in [0.25, 0.3) is 11.1 Å². The van der Waals surface area contributed by atoms with E-state index in [-0.39, 0.29) is 11.1 Å². The molecule has 2 amide bonds. The molecule has 0 radical (unpaired) electrons. The van der Waals surface area contributed by atoms with Gasteiger partial charge < -0.3 is 4.74 Å². The summed E-state index contributed by atoms with van der Waals surface area (Å²) in [5.74, 6) is 0.449. The quantitative estimate of drug-likeness (QED) is 0.561. The largest absolute Gasteiger partial charge is 0.489 e. The van der Waals surface area contributed by atoms with Gasteiger partial charge in [0.05, 0.1) is 4.91 Å². The summed E-state index contributed by atoms with van der Waals surface area (Å²) in [5, 5.41) is -0.200. The lowest BCUT2D eigenvalue weighted by Crippen LogP contribution is -2.29. The van der Waals surface area contributed by atoms with Gasteiger partial charge in [0, 0.05) is 12.1 Å². The number of unbranched alkanes of at least 4 members (excludes halogenated alkanes) is 1. The van der Waals surface area contributed by atoms with Crippen molar-refractivity contribution in [2.45, 2.75) is 19.8 Å². The Morgan fingerprint density at radius 2 is 2.09 bits per heavy atom. The van der Waals surface area contributed by atoms with E-state index in [4.69, 9.17) is 4.74 Å². The number of nitrogens with zero attached hydrogens (tertiary/aromatic N) is 1. The Kier molecular flexibility index (Phi) is 5.83. The van der Waals surface area contributed by atoms with E-state index in [2.05, 4.69) is 6.58 Å². The van der Waals surface area contributed by atoms with Crippen molar-refractivity contribution in [2.75, 3.05) is 13.2 Å². The zero-order valence-corrected chi connectivity index (χ0v) is 13.4. The van der Waals surface area contributed by atoms with Crippen molar-refractivity contribution in [3.8, 4) is 5.75 Å². The highest BCUT2D eigenvalue weighted by Crippen LogP contribution is 2.34. The van der Waals surface area contributed by atoms with Crippen molar-refractivity contribution in [2.24, 2.45) is 0 Å². The SMILES string of the molecule is C=CCOc1ccccc1/C=C1\SC(=O)N(CCCC)C1=O. The highest BCUT2D eigenvalue weighted by atomic mass is 32.2. The molecule has 0 N–H and O–H groups in total. The number of ether oxygens (including phenoxy) is 1. The van der Waals surface area contributed by atoms with E-state index in [1.807, 2.05) is 31.2 Å². The summed E-state index contributed by atoms with van der Waals surface area (Å²) < 4.78 is 5.57. The van der Waals surface area contributed by atoms with E-state index in [9.17, 15) is 9.59 Å². The molecular weight excluding hydrogens is 298 g/mol. The molecule has 0 bridgehead atoms. The van der Waals surface area contributed by atoms with Crippen LogP contribution in [0.1, 0.15) is 25.3 Å². The molecule has 2 rings (SSSR count). The average molecular weight is 317 g/mol. The van der Waals surface area contributed by atoms with Crippen molar-refractivity contribution in [3.05, 3.63) is 47.4 Å². The molecule has 5 heteroatoms. The Labute approximate surface area is 134 Å². The van der Waals surface area contributed by atoms with Gasteiger partial charge in [0.2, 0.25) is 0 Å². The van der Waals surface area contributed by atoms with Crippen LogP contribution < -0.4 is 4.74 Å². The van der Waals surface area contributed by atoms with Crippen molar-refractivity contribution >= 4 is 29.0 Å². The van der Waals surface area contributed by atoms with Crippen LogP contribution in [0.4, 0.5) is 4.79 Å². The number of carbonyl (C=O) groups is 2. The fourth-order valence-electron chi connectivity index (χ4n) is 2.03. The minimum absolute atomic E-state index is 0.200. The molecule has 4 nitrogen and oxygen atoms in total. The van der Waals surface area contributed by atoms with E-state index in [0.717, 1.165) is 30.2 Å². The number of hydrogen-bond donors (Lipinski definition) is 0. The first kappa shape index (κ1) is 16.4. The molecule has 22 heavy (non-hydrogen) atoms. The first-order chi connectivity index (χ1) is 10.7. The Balaban J connectivity index is 2.21. The predicted octanol–water partition coefficient (Wildman–Crippen LogP) is 4.09. The molecule has 116 valence electrons. The molecule has 0 atom stereocenters. The average Bonchev–Trinajstić information content (AvgIpc) is 2.78. The highest BCUT2D eigenvalue weighted by molar-refractivity contribution is 8.18. The van der Waals surface area contributed by atoms with Gasteiger partial charge in [-0.1, -0.05) is 44.2 Å². The fourth-order valence-corrected chi connectivity index (χ4v) is 2.89. The number of benzene rings is 1. The standard InChI is InChI=1S/C17H19NO3S/c1-3-5-10-18-16(19)15(22-17(18)20)12-13-8-6-7-9-14(13)21-11-4-2/h4,6-9,12H,2-3,5,10-11H2,1H3/b15-12-. The molecule has 0 aromatic heterocycles. The summed E-state index contributed by atoms with van der Waals surface area (Å²) in [7, 11) is 0. The number of hydrogen-bond acceptors (Lipinski definition) is 4. The second kappa shape index (κ2) is 7.84. The second-order valence-electron chi connectivity index (χ2n) is 4.82. The third-order valence-corrected chi connectivity index (χ3v) is 4.08. The Morgan fingerprint density at radius 1 is 1.32 bits per heavy atom. The van der Waals surface area contributed by atoms with Crippen LogP contribution in [0.2, 0.25) is 0 Å². The molecular formula is C17H19NO3S. The van der Waals surface area contributed by atoms with Gasteiger partial charge in [0.1, 0.15) is 12.4 Å². The molecule has 1 aromatic carbocycles. The number of rotatable bonds is 7. The highest BCUT2D eigenvalue weighted by Gasteiger charge is 2.34. The van der Waals surface area contributed by atoms with E-state index >= 15 is 0 Å². The normalized spacial score (nSPS) is 16.4. The first-order valence-corrected chi connectivity index (χ1v) is 8.07. The predicted molar refractivity (Wildman–Crippen MR) is 89.7 cm³/mol. The molecule has 0 aliphatic carbocycles. The van der Waals surface area contributed by atoms with Crippen molar-refractivity contribution < 1.29 is 14.3 Å². The van der Waals surface area contributed by atoms with Gasteiger partial charge in [-0.2, -0.15) is 0 Å². The lowest BCUT2D eigenvalue weighted by Gasteiger charge is -2.11. The summed E-state index contributed by atoms with van der Waals surface area (Å²) in [5.41, 5.74) is 0.783. The molecule has 0 saturated carbocycles. The molecule has 0 unspecified atom stereocenters. The summed E-state index contributed by atoms with van der Waals surface area (Å²) >= 11 is 0.982. The maximum atomic E-state index is 12.3. The topological polar surface area (TPSA) is 46.6 Å². The van der Waals surface area contributed by atoms with Gasteiger partial charge >= 0.3 is 0 Å². The maximum Gasteiger partial charge on any atom is 0.293 e. The monoisotopic (exact) mass is 317 g/mol. The van der Waals surface area contributed by atoms with Crippen LogP contribution in [-0.4, -0.2) is 29.2 Å². The summed E-state index contributed by atoms with van der Waals surface area (Å²) in [6.45, 7) is 6.52. The van der Waals surface area contributed by atoms with Crippen LogP contribution in [0.15, 0.2) is 41.8 Å². The van der Waals surface area contributed by atoms with Crippen molar-refractivity contribution in [1.29, 1.82) is 0 Å². The van der Waals surface area contributed by atoms with Crippen LogP contribution in [-0.2, 0) is 4.79 Å². The summed E-state index contributed by atoms with van der Waals surface area (Å²) in [4.78, 5) is 26.0. The number of carbonyl (C=O) groups excluding carboxylic acids is 2. The smallest absolute Gasteiger partial charge is 0.293 e. The van der Waals surface area contributed by atoms with Crippen LogP contribution in [0, 0.1) is 0 Å². The first-order valence-electron chi connectivity index (χ1n) is 7.25. The Bertz CT molecular complexity index is 610. The number of thioether (sulfide) groups is 1. The minimum atomic E-state index is -0.220. The third-order valence-electron chi connectivity index (χ3n) is 3.17.